The molecule has 6 aromatic carbocycles. The molecule has 0 saturated carbocycles. The van der Waals surface area contributed by atoms with Gasteiger partial charge in [0, 0.05) is 91.4 Å². The molecule has 0 spiro atoms. The van der Waals surface area contributed by atoms with Crippen LogP contribution in [0.15, 0.2) is 160 Å². The van der Waals surface area contributed by atoms with Crippen LogP contribution in [0, 0.1) is 5.41 Å². The molecule has 436 valence electrons. The molecular formula is C61H67ClF3N5O9S3. The van der Waals surface area contributed by atoms with E-state index in [9.17, 15) is 45.0 Å². The monoisotopic (exact) mass is 1200 g/mol. The number of allylic oxidation sites excluding steroid dienone is 1. The summed E-state index contributed by atoms with van der Waals surface area (Å²) in [5.41, 5.74) is 0.611. The van der Waals surface area contributed by atoms with Gasteiger partial charge in [-0.2, -0.15) is 13.2 Å². The molecule has 0 bridgehead atoms. The zero-order chi connectivity index (χ0) is 58.7. The van der Waals surface area contributed by atoms with Crippen molar-refractivity contribution in [3.05, 3.63) is 172 Å². The Bertz CT molecular complexity index is 3410. The van der Waals surface area contributed by atoms with Crippen molar-refractivity contribution in [3.63, 3.8) is 0 Å². The quantitative estimate of drug-likeness (QED) is 0.0404. The van der Waals surface area contributed by atoms with E-state index in [1.807, 2.05) is 53.3 Å². The molecular weight excluding hydrogens is 1140 g/mol. The van der Waals surface area contributed by atoms with E-state index in [0.29, 0.717) is 61.7 Å². The van der Waals surface area contributed by atoms with E-state index in [2.05, 4.69) is 46.0 Å². The number of phenolic OH excluding ortho intramolecular Hbond substituents is 3. The highest BCUT2D eigenvalue weighted by Gasteiger charge is 2.48. The van der Waals surface area contributed by atoms with Crippen LogP contribution >= 0.6 is 23.4 Å². The van der Waals surface area contributed by atoms with Gasteiger partial charge >= 0.3 is 5.51 Å². The molecule has 0 unspecified atom stereocenters. The third kappa shape index (κ3) is 17.0. The molecule has 1 aliphatic carbocycles. The van der Waals surface area contributed by atoms with Crippen LogP contribution < -0.4 is 14.9 Å². The number of nitrogens with zero attached hydrogens (tertiary/aromatic N) is 3. The number of thioether (sulfide) groups is 1. The number of hydrogen-bond acceptors (Lipinski definition) is 14. The number of carbonyl (C=O) groups excluding carboxylic acids is 1. The molecule has 0 aromatic heterocycles. The van der Waals surface area contributed by atoms with Gasteiger partial charge < -0.3 is 30.3 Å². The molecule has 82 heavy (non-hydrogen) atoms. The van der Waals surface area contributed by atoms with Gasteiger partial charge in [-0.1, -0.05) is 85.6 Å². The van der Waals surface area contributed by atoms with Gasteiger partial charge in [0.15, 0.2) is 0 Å². The molecule has 0 radical (unpaired) electrons. The van der Waals surface area contributed by atoms with Gasteiger partial charge in [-0.25, -0.2) is 21.6 Å². The molecule has 5 N–H and O–H groups in total. The molecule has 2 fully saturated rings. The molecule has 9 rings (SSSR count). The number of aromatic hydroxyl groups is 3. The Morgan fingerprint density at radius 1 is 0.756 bits per heavy atom. The number of rotatable bonds is 18. The normalized spacial score (nSPS) is 16.8. The number of piperazine rings is 1. The lowest BCUT2D eigenvalue weighted by atomic mass is 9.73. The van der Waals surface area contributed by atoms with Crippen LogP contribution in [0.4, 0.5) is 24.5 Å². The lowest BCUT2D eigenvalue weighted by Crippen LogP contribution is -2.47. The van der Waals surface area contributed by atoms with Crippen molar-refractivity contribution < 1.29 is 54.9 Å². The van der Waals surface area contributed by atoms with Crippen molar-refractivity contribution in [2.45, 2.75) is 65.8 Å². The zero-order valence-corrected chi connectivity index (χ0v) is 48.7. The van der Waals surface area contributed by atoms with Crippen LogP contribution in [0.25, 0.3) is 17.7 Å². The number of sulfone groups is 1. The summed E-state index contributed by atoms with van der Waals surface area (Å²) in [7, 11) is -10.9. The van der Waals surface area contributed by atoms with E-state index in [0.717, 1.165) is 80.3 Å². The second kappa shape index (κ2) is 27.3. The van der Waals surface area contributed by atoms with Crippen molar-refractivity contribution in [3.8, 4) is 17.2 Å². The summed E-state index contributed by atoms with van der Waals surface area (Å²) in [6.45, 7) is 11.6. The minimum atomic E-state index is -6.05. The van der Waals surface area contributed by atoms with Crippen molar-refractivity contribution in [1.29, 1.82) is 0 Å². The number of halogens is 4. The molecule has 6 aromatic rings. The number of phenols is 3. The smallest absolute Gasteiger partial charge is 0.501 e. The third-order valence-electron chi connectivity index (χ3n) is 14.5. The van der Waals surface area contributed by atoms with Crippen LogP contribution in [0.2, 0.25) is 5.02 Å². The van der Waals surface area contributed by atoms with Gasteiger partial charge in [0.2, 0.25) is 0 Å². The minimum absolute atomic E-state index is 0.00186. The van der Waals surface area contributed by atoms with Crippen LogP contribution in [0.1, 0.15) is 66.6 Å². The summed E-state index contributed by atoms with van der Waals surface area (Å²) in [6, 6.07) is 36.9. The number of ether oxygens (including phenoxy) is 1. The van der Waals surface area contributed by atoms with Crippen molar-refractivity contribution in [1.82, 2.24) is 14.5 Å². The first-order chi connectivity index (χ1) is 39.0. The predicted octanol–water partition coefficient (Wildman–Crippen LogP) is 11.8. The number of sulfonamides is 1. The Labute approximate surface area is 487 Å². The van der Waals surface area contributed by atoms with Crippen LogP contribution in [0.5, 0.6) is 17.2 Å². The second-order valence-corrected chi connectivity index (χ2v) is 26.3. The highest BCUT2D eigenvalue weighted by molar-refractivity contribution is 7.99. The van der Waals surface area contributed by atoms with E-state index >= 15 is 0 Å². The van der Waals surface area contributed by atoms with Crippen LogP contribution in [0.3, 0.4) is 0 Å². The number of hydrogen-bond donors (Lipinski definition) is 5. The van der Waals surface area contributed by atoms with Crippen LogP contribution in [-0.4, -0.2) is 131 Å². The Morgan fingerprint density at radius 3 is 2.05 bits per heavy atom. The number of morpholine rings is 1. The number of carbonyl (C=O) groups is 1. The Hall–Kier alpha value is -6.52. The molecule has 2 aliphatic heterocycles. The number of nitrogens with one attached hydrogen (secondary N) is 2. The van der Waals surface area contributed by atoms with E-state index in [4.69, 9.17) is 21.4 Å². The summed E-state index contributed by atoms with van der Waals surface area (Å²) >= 11 is 7.64. The maximum Gasteiger partial charge on any atom is 0.501 e. The fourth-order valence-electron chi connectivity index (χ4n) is 9.98. The maximum atomic E-state index is 14.2. The van der Waals surface area contributed by atoms with Gasteiger partial charge in [0.25, 0.3) is 25.8 Å². The Kier molecular flexibility index (Phi) is 20.5. The topological polar surface area (TPSA) is 189 Å². The standard InChI is InChI=1S/C47H55ClF3N5O6S3.C14H12O3/c1-46(2)20-18-42(34-8-12-37(48)13-9-34)36(31-46)32-55-22-24-56(25-23-55)39-14-10-35(11-15-39)45(57)53-65(60,61)41-16-17-43(44(30-41)64(58,59)47(49,50)51)52-38(19-21-54-26-28-62-29-27-54)33-63-40-6-4-3-5-7-40;15-12-5-3-10(4-6-12)1-2-11-7-13(16)9-14(17)8-11/h3-17,30,38,52H,18-29,31-33H2,1-2H3,(H,53,57);1-9,15-17H/b;2-1+/t38-;/m1./s1. The molecule has 14 nitrogen and oxygen atoms in total. The average molecular weight is 1200 g/mol. The summed E-state index contributed by atoms with van der Waals surface area (Å²) in [6.07, 6.45) is 7.19. The maximum absolute atomic E-state index is 14.2. The fraction of sp³-hybridized carbons (Fsp3) is 0.328. The van der Waals surface area contributed by atoms with Gasteiger partial charge in [-0.15, -0.1) is 11.8 Å². The van der Waals surface area contributed by atoms with E-state index in [-0.39, 0.29) is 28.2 Å². The van der Waals surface area contributed by atoms with Gasteiger partial charge in [0.05, 0.1) is 23.8 Å². The van der Waals surface area contributed by atoms with Gasteiger partial charge in [-0.05, 0) is 144 Å². The first-order valence-electron chi connectivity index (χ1n) is 26.8. The number of benzene rings is 6. The number of amides is 1. The number of alkyl halides is 3. The lowest BCUT2D eigenvalue weighted by Gasteiger charge is -2.39. The Balaban J connectivity index is 0.000000440. The highest BCUT2D eigenvalue weighted by atomic mass is 35.5. The minimum Gasteiger partial charge on any atom is -0.508 e. The first kappa shape index (κ1) is 61.5. The second-order valence-electron chi connectivity index (χ2n) is 21.2. The average Bonchev–Trinajstić information content (AvgIpc) is 3.48. The van der Waals surface area contributed by atoms with E-state index in [1.54, 1.807) is 54.6 Å². The molecule has 1 amide bonds. The fourth-order valence-corrected chi connectivity index (χ4v) is 13.1. The summed E-state index contributed by atoms with van der Waals surface area (Å²) in [5, 5.41) is 31.4. The highest BCUT2D eigenvalue weighted by Crippen LogP contribution is 2.43. The summed E-state index contributed by atoms with van der Waals surface area (Å²) < 4.78 is 103. The van der Waals surface area contributed by atoms with Gasteiger partial charge in [-0.3, -0.25) is 14.6 Å². The number of anilines is 2. The largest absolute Gasteiger partial charge is 0.508 e. The van der Waals surface area contributed by atoms with E-state index < -0.39 is 52.8 Å². The predicted molar refractivity (Wildman–Crippen MR) is 319 cm³/mol. The molecule has 2 heterocycles. The lowest BCUT2D eigenvalue weighted by molar-refractivity contribution is -0.0436. The van der Waals surface area contributed by atoms with Crippen LogP contribution in [-0.2, 0) is 24.6 Å². The van der Waals surface area contributed by atoms with Gasteiger partial charge in [0.1, 0.15) is 22.1 Å². The van der Waals surface area contributed by atoms with Crippen molar-refractivity contribution in [2.75, 3.05) is 81.5 Å². The SMILES string of the molecule is CC1(C)CCC(c2ccc(Cl)cc2)=C(CN2CCN(c3ccc(C(=O)NS(=O)(=O)c4ccc(N[C@H](CCN5CCOCC5)CSc5ccccc5)c(S(=O)(=O)C(F)(F)F)c4)cc3)CC2)C1.Oc1ccc(/C=C/c2cc(O)cc(O)c2)cc1. The molecule has 3 aliphatic rings. The molecule has 2 saturated heterocycles. The summed E-state index contributed by atoms with van der Waals surface area (Å²) in [5.74, 6) is -0.387. The zero-order valence-electron chi connectivity index (χ0n) is 45.5. The molecule has 21 heteroatoms. The first-order valence-corrected chi connectivity index (χ1v) is 31.1. The third-order valence-corrected chi connectivity index (χ3v) is 18.7. The summed E-state index contributed by atoms with van der Waals surface area (Å²) in [4.78, 5) is 19.0. The van der Waals surface area contributed by atoms with E-state index in [1.165, 1.54) is 46.7 Å². The van der Waals surface area contributed by atoms with Crippen molar-refractivity contribution in [2.24, 2.45) is 5.41 Å². The van der Waals surface area contributed by atoms with Crippen molar-refractivity contribution >= 4 is 78.2 Å². The molecule has 1 atom stereocenters. The Morgan fingerprint density at radius 2 is 1.40 bits per heavy atom.